The Morgan fingerprint density at radius 1 is 0.969 bits per heavy atom. The first-order valence-electron chi connectivity index (χ1n) is 10.8. The lowest BCUT2D eigenvalue weighted by Gasteiger charge is -2.08. The van der Waals surface area contributed by atoms with Gasteiger partial charge >= 0.3 is 0 Å². The van der Waals surface area contributed by atoms with Gasteiger partial charge in [0.15, 0.2) is 0 Å². The van der Waals surface area contributed by atoms with E-state index in [2.05, 4.69) is 41.9 Å². The maximum Gasteiger partial charge on any atom is 0.255 e. The maximum atomic E-state index is 13.0. The molecule has 0 aliphatic rings. The van der Waals surface area contributed by atoms with Crippen LogP contribution in [0.15, 0.2) is 66.7 Å². The summed E-state index contributed by atoms with van der Waals surface area (Å²) in [7, 11) is 0. The zero-order valence-corrected chi connectivity index (χ0v) is 19.0. The molecule has 0 bridgehead atoms. The van der Waals surface area contributed by atoms with E-state index in [0.717, 1.165) is 24.9 Å². The fourth-order valence-corrected chi connectivity index (χ4v) is 4.18. The summed E-state index contributed by atoms with van der Waals surface area (Å²) >= 11 is 5.90. The number of halogens is 2. The van der Waals surface area contributed by atoms with Crippen molar-refractivity contribution >= 4 is 34.1 Å². The first-order chi connectivity index (χ1) is 15.5. The molecule has 1 N–H and O–H groups in total. The van der Waals surface area contributed by atoms with Crippen molar-refractivity contribution in [2.24, 2.45) is 0 Å². The lowest BCUT2D eigenvalue weighted by Crippen LogP contribution is -2.11. The van der Waals surface area contributed by atoms with Crippen LogP contribution in [0.25, 0.3) is 10.9 Å². The number of nitrogens with one attached hydrogen (secondary N) is 1. The molecule has 32 heavy (non-hydrogen) atoms. The molecule has 164 valence electrons. The molecular formula is C27H26ClFN2O. The number of rotatable bonds is 7. The molecule has 5 heteroatoms. The van der Waals surface area contributed by atoms with Gasteiger partial charge in [0.05, 0.1) is 0 Å². The number of carbonyl (C=O) groups excluding carboxylic acids is 1. The van der Waals surface area contributed by atoms with Crippen molar-refractivity contribution in [1.29, 1.82) is 0 Å². The first kappa shape index (κ1) is 22.1. The highest BCUT2D eigenvalue weighted by molar-refractivity contribution is 6.17. The Labute approximate surface area is 192 Å². The minimum Gasteiger partial charge on any atom is -0.345 e. The Morgan fingerprint density at radius 3 is 2.34 bits per heavy atom. The molecule has 0 saturated carbocycles. The first-order valence-corrected chi connectivity index (χ1v) is 11.3. The van der Waals surface area contributed by atoms with E-state index >= 15 is 0 Å². The second kappa shape index (κ2) is 9.58. The van der Waals surface area contributed by atoms with E-state index in [4.69, 9.17) is 11.6 Å². The number of hydrogen-bond donors (Lipinski definition) is 1. The second-order valence-corrected chi connectivity index (χ2v) is 8.47. The highest BCUT2D eigenvalue weighted by atomic mass is 35.5. The molecule has 0 aliphatic carbocycles. The van der Waals surface area contributed by atoms with E-state index in [0.29, 0.717) is 17.1 Å². The molecule has 1 heterocycles. The Morgan fingerprint density at radius 2 is 1.66 bits per heavy atom. The summed E-state index contributed by atoms with van der Waals surface area (Å²) in [5.41, 5.74) is 7.36. The third kappa shape index (κ3) is 4.71. The summed E-state index contributed by atoms with van der Waals surface area (Å²) < 4.78 is 15.4. The molecule has 1 aromatic heterocycles. The molecule has 0 radical (unpaired) electrons. The van der Waals surface area contributed by atoms with Crippen LogP contribution < -0.4 is 5.32 Å². The molecule has 0 unspecified atom stereocenters. The minimum absolute atomic E-state index is 0.214. The van der Waals surface area contributed by atoms with Gasteiger partial charge in [0.2, 0.25) is 0 Å². The molecule has 0 saturated heterocycles. The number of anilines is 1. The van der Waals surface area contributed by atoms with Gasteiger partial charge in [-0.15, -0.1) is 11.6 Å². The number of nitrogens with zero attached hydrogens (tertiary/aromatic N) is 1. The molecular weight excluding hydrogens is 423 g/mol. The molecule has 4 aromatic rings. The van der Waals surface area contributed by atoms with Gasteiger partial charge in [-0.25, -0.2) is 4.39 Å². The van der Waals surface area contributed by atoms with Gasteiger partial charge in [-0.2, -0.15) is 0 Å². The maximum absolute atomic E-state index is 13.0. The van der Waals surface area contributed by atoms with Gasteiger partial charge in [0.1, 0.15) is 5.82 Å². The van der Waals surface area contributed by atoms with Crippen LogP contribution in [0.5, 0.6) is 0 Å². The van der Waals surface area contributed by atoms with Crippen LogP contribution in [0.1, 0.15) is 39.2 Å². The van der Waals surface area contributed by atoms with Crippen molar-refractivity contribution < 1.29 is 9.18 Å². The van der Waals surface area contributed by atoms with E-state index < -0.39 is 0 Å². The molecule has 4 rings (SSSR count). The zero-order chi connectivity index (χ0) is 22.7. The van der Waals surface area contributed by atoms with Crippen LogP contribution in [0.3, 0.4) is 0 Å². The van der Waals surface area contributed by atoms with E-state index in [-0.39, 0.29) is 11.7 Å². The number of fused-ring (bicyclic) bond motifs is 1. The summed E-state index contributed by atoms with van der Waals surface area (Å²) in [4.78, 5) is 12.4. The molecule has 3 aromatic carbocycles. The van der Waals surface area contributed by atoms with Crippen molar-refractivity contribution in [2.45, 2.75) is 33.2 Å². The van der Waals surface area contributed by atoms with Crippen molar-refractivity contribution in [3.63, 3.8) is 0 Å². The average Bonchev–Trinajstić information content (AvgIpc) is 3.04. The highest BCUT2D eigenvalue weighted by Gasteiger charge is 2.12. The summed E-state index contributed by atoms with van der Waals surface area (Å²) in [6.07, 6.45) is 1.75. The predicted molar refractivity (Wildman–Crippen MR) is 130 cm³/mol. The molecule has 1 amide bonds. The average molecular weight is 449 g/mol. The van der Waals surface area contributed by atoms with Gasteiger partial charge in [-0.1, -0.05) is 18.2 Å². The largest absolute Gasteiger partial charge is 0.345 e. The van der Waals surface area contributed by atoms with Gasteiger partial charge in [-0.05, 0) is 91.9 Å². The number of benzene rings is 3. The summed E-state index contributed by atoms with van der Waals surface area (Å²) in [5.74, 6) is 0.116. The van der Waals surface area contributed by atoms with Gasteiger partial charge in [0, 0.05) is 40.3 Å². The number of hydrogen-bond acceptors (Lipinski definition) is 1. The van der Waals surface area contributed by atoms with Crippen molar-refractivity contribution in [3.05, 3.63) is 100 Å². The topological polar surface area (TPSA) is 34.0 Å². The lowest BCUT2D eigenvalue weighted by molar-refractivity contribution is 0.102. The SMILES string of the molecule is Cc1c(C)n(CCCCl)c2ccc(Cc3ccc(C(=O)Nc4ccc(F)cc4)cc3)cc12. The Balaban J connectivity index is 1.48. The number of carbonyl (C=O) groups is 1. The van der Waals surface area contributed by atoms with E-state index in [1.807, 2.05) is 24.3 Å². The fraction of sp³-hybridized carbons (Fsp3) is 0.222. The van der Waals surface area contributed by atoms with Crippen LogP contribution in [0, 0.1) is 19.7 Å². The Hall–Kier alpha value is -3.11. The minimum atomic E-state index is -0.331. The van der Waals surface area contributed by atoms with Crippen molar-refractivity contribution in [3.8, 4) is 0 Å². The summed E-state index contributed by atoms with van der Waals surface area (Å²) in [5, 5.41) is 4.07. The number of alkyl halides is 1. The normalized spacial score (nSPS) is 11.1. The molecule has 0 spiro atoms. The Bertz CT molecular complexity index is 1240. The third-order valence-corrected chi connectivity index (χ3v) is 6.21. The van der Waals surface area contributed by atoms with E-state index in [9.17, 15) is 9.18 Å². The quantitative estimate of drug-likeness (QED) is 0.307. The Kier molecular flexibility index (Phi) is 6.61. The van der Waals surface area contributed by atoms with Crippen LogP contribution >= 0.6 is 11.6 Å². The molecule has 0 fully saturated rings. The number of aryl methyl sites for hydroxylation is 2. The zero-order valence-electron chi connectivity index (χ0n) is 18.3. The van der Waals surface area contributed by atoms with Gasteiger partial charge in [0.25, 0.3) is 5.91 Å². The standard InChI is InChI=1S/C27H26ClFN2O/c1-18-19(2)31(15-3-14-28)26-13-6-21(17-25(18)26)16-20-4-7-22(8-5-20)27(32)30-24-11-9-23(29)10-12-24/h4-13,17H,3,14-16H2,1-2H3,(H,30,32). The molecule has 0 aliphatic heterocycles. The van der Waals surface area contributed by atoms with Crippen LogP contribution in [0.4, 0.5) is 10.1 Å². The molecule has 3 nitrogen and oxygen atoms in total. The van der Waals surface area contributed by atoms with Crippen LogP contribution in [-0.2, 0) is 13.0 Å². The predicted octanol–water partition coefficient (Wildman–Crippen LogP) is 6.87. The van der Waals surface area contributed by atoms with E-state index in [1.165, 1.54) is 39.9 Å². The lowest BCUT2D eigenvalue weighted by atomic mass is 10.0. The van der Waals surface area contributed by atoms with Gasteiger partial charge < -0.3 is 9.88 Å². The number of aromatic nitrogens is 1. The highest BCUT2D eigenvalue weighted by Crippen LogP contribution is 2.27. The third-order valence-electron chi connectivity index (χ3n) is 5.95. The van der Waals surface area contributed by atoms with Crippen LogP contribution in [-0.4, -0.2) is 16.4 Å². The summed E-state index contributed by atoms with van der Waals surface area (Å²) in [6.45, 7) is 5.27. The summed E-state index contributed by atoms with van der Waals surface area (Å²) in [6, 6.07) is 20.0. The van der Waals surface area contributed by atoms with Crippen molar-refractivity contribution in [1.82, 2.24) is 4.57 Å². The fourth-order valence-electron chi connectivity index (χ4n) is 4.06. The second-order valence-electron chi connectivity index (χ2n) is 8.09. The van der Waals surface area contributed by atoms with Crippen molar-refractivity contribution in [2.75, 3.05) is 11.2 Å². The molecule has 0 atom stereocenters. The monoisotopic (exact) mass is 448 g/mol. The van der Waals surface area contributed by atoms with E-state index in [1.54, 1.807) is 12.1 Å². The van der Waals surface area contributed by atoms with Gasteiger partial charge in [-0.3, -0.25) is 4.79 Å². The smallest absolute Gasteiger partial charge is 0.255 e. The van der Waals surface area contributed by atoms with Crippen LogP contribution in [0.2, 0.25) is 0 Å². The number of amides is 1.